The summed E-state index contributed by atoms with van der Waals surface area (Å²) in [6.07, 6.45) is 0.0336. The van der Waals surface area contributed by atoms with E-state index in [1.54, 1.807) is 4.90 Å². The fourth-order valence-corrected chi connectivity index (χ4v) is 2.23. The smallest absolute Gasteiger partial charge is 0.317 e. The van der Waals surface area contributed by atoms with Gasteiger partial charge in [-0.05, 0) is 19.1 Å². The second kappa shape index (κ2) is 5.36. The minimum atomic E-state index is -0.0289. The van der Waals surface area contributed by atoms with Crippen molar-refractivity contribution in [2.45, 2.75) is 13.0 Å². The fourth-order valence-electron chi connectivity index (χ4n) is 2.23. The van der Waals surface area contributed by atoms with E-state index in [9.17, 15) is 4.79 Å². The van der Waals surface area contributed by atoms with Crippen molar-refractivity contribution in [1.29, 1.82) is 0 Å². The van der Waals surface area contributed by atoms with Crippen LogP contribution in [-0.4, -0.2) is 41.7 Å². The second-order valence-corrected chi connectivity index (χ2v) is 4.82. The molecule has 1 N–H and O–H groups in total. The number of nitrogens with one attached hydrogen (secondary N) is 1. The molecule has 1 aromatic carbocycles. The maximum atomic E-state index is 11.5. The van der Waals surface area contributed by atoms with Gasteiger partial charge in [-0.1, -0.05) is 18.2 Å². The van der Waals surface area contributed by atoms with E-state index >= 15 is 0 Å². The highest BCUT2D eigenvalue weighted by atomic mass is 16.5. The summed E-state index contributed by atoms with van der Waals surface area (Å²) >= 11 is 0. The lowest BCUT2D eigenvalue weighted by atomic mass is 10.2. The molecule has 1 aliphatic heterocycles. The maximum absolute atomic E-state index is 11.5. The third kappa shape index (κ3) is 2.52. The lowest BCUT2D eigenvalue weighted by Gasteiger charge is -2.38. The third-order valence-corrected chi connectivity index (χ3v) is 3.32. The summed E-state index contributed by atoms with van der Waals surface area (Å²) in [6.45, 7) is 3.78. The molecule has 0 aliphatic carbocycles. The number of rotatable bonds is 3. The van der Waals surface area contributed by atoms with Gasteiger partial charge in [-0.3, -0.25) is 0 Å². The van der Waals surface area contributed by atoms with Gasteiger partial charge in [0.05, 0.1) is 18.6 Å². The average molecular weight is 271 g/mol. The average Bonchev–Trinajstić information content (AvgIpc) is 2.42. The van der Waals surface area contributed by atoms with Crippen LogP contribution in [0, 0.1) is 0 Å². The van der Waals surface area contributed by atoms with E-state index in [1.807, 2.05) is 43.3 Å². The minimum Gasteiger partial charge on any atom is -0.471 e. The van der Waals surface area contributed by atoms with E-state index in [1.165, 1.54) is 0 Å². The largest absolute Gasteiger partial charge is 0.471 e. The van der Waals surface area contributed by atoms with Gasteiger partial charge < -0.3 is 15.0 Å². The Hall–Kier alpha value is -2.30. The molecular weight excluding hydrogens is 254 g/mol. The van der Waals surface area contributed by atoms with Crippen molar-refractivity contribution >= 4 is 16.9 Å². The van der Waals surface area contributed by atoms with Gasteiger partial charge in [0.25, 0.3) is 0 Å². The standard InChI is InChI=1S/C15H17N3O2/c1-2-16-15(19)18-9-12(10-18)20-14-8-7-11-5-3-4-6-13(11)17-14/h3-8,12H,2,9-10H2,1H3,(H,16,19). The number of urea groups is 1. The van der Waals surface area contributed by atoms with Crippen LogP contribution in [0.15, 0.2) is 36.4 Å². The Morgan fingerprint density at radius 3 is 2.95 bits per heavy atom. The summed E-state index contributed by atoms with van der Waals surface area (Å²) in [4.78, 5) is 17.7. The van der Waals surface area contributed by atoms with Gasteiger partial charge in [0.1, 0.15) is 6.10 Å². The van der Waals surface area contributed by atoms with Crippen molar-refractivity contribution in [2.75, 3.05) is 19.6 Å². The van der Waals surface area contributed by atoms with Crippen LogP contribution in [0.4, 0.5) is 4.79 Å². The molecule has 0 spiro atoms. The number of hydrogen-bond acceptors (Lipinski definition) is 3. The molecule has 1 fully saturated rings. The van der Waals surface area contributed by atoms with E-state index in [4.69, 9.17) is 4.74 Å². The lowest BCUT2D eigenvalue weighted by Crippen LogP contribution is -2.58. The normalized spacial score (nSPS) is 14.9. The number of para-hydroxylation sites is 1. The highest BCUT2D eigenvalue weighted by Gasteiger charge is 2.32. The molecule has 5 heteroatoms. The number of ether oxygens (including phenoxy) is 1. The first-order valence-electron chi connectivity index (χ1n) is 6.81. The summed E-state index contributed by atoms with van der Waals surface area (Å²) in [5, 5.41) is 3.87. The lowest BCUT2D eigenvalue weighted by molar-refractivity contribution is 0.0418. The minimum absolute atomic E-state index is 0.0289. The number of carbonyl (C=O) groups excluding carboxylic acids is 1. The van der Waals surface area contributed by atoms with Gasteiger partial charge in [-0.15, -0.1) is 0 Å². The summed E-state index contributed by atoms with van der Waals surface area (Å²) in [6, 6.07) is 11.8. The van der Waals surface area contributed by atoms with E-state index < -0.39 is 0 Å². The number of carbonyl (C=O) groups is 1. The molecule has 0 unspecified atom stereocenters. The van der Waals surface area contributed by atoms with Crippen LogP contribution in [0.2, 0.25) is 0 Å². The zero-order chi connectivity index (χ0) is 13.9. The highest BCUT2D eigenvalue weighted by Crippen LogP contribution is 2.20. The van der Waals surface area contributed by atoms with Gasteiger partial charge in [0.2, 0.25) is 5.88 Å². The Bertz CT molecular complexity index is 623. The van der Waals surface area contributed by atoms with Crippen LogP contribution >= 0.6 is 0 Å². The Kier molecular flexibility index (Phi) is 3.41. The van der Waals surface area contributed by atoms with E-state index in [-0.39, 0.29) is 12.1 Å². The molecule has 2 heterocycles. The molecule has 1 aliphatic rings. The van der Waals surface area contributed by atoms with Gasteiger partial charge >= 0.3 is 6.03 Å². The second-order valence-electron chi connectivity index (χ2n) is 4.82. The van der Waals surface area contributed by atoms with Gasteiger partial charge in [-0.2, -0.15) is 0 Å². The molecular formula is C15H17N3O2. The number of fused-ring (bicyclic) bond motifs is 1. The van der Waals surface area contributed by atoms with E-state index in [2.05, 4.69) is 10.3 Å². The number of benzene rings is 1. The monoisotopic (exact) mass is 271 g/mol. The Morgan fingerprint density at radius 2 is 2.15 bits per heavy atom. The summed E-state index contributed by atoms with van der Waals surface area (Å²) in [7, 11) is 0. The molecule has 1 aromatic heterocycles. The molecule has 0 atom stereocenters. The number of hydrogen-bond donors (Lipinski definition) is 1. The zero-order valence-electron chi connectivity index (χ0n) is 11.4. The van der Waals surface area contributed by atoms with Crippen molar-refractivity contribution < 1.29 is 9.53 Å². The summed E-state index contributed by atoms with van der Waals surface area (Å²) in [5.74, 6) is 0.615. The van der Waals surface area contributed by atoms with Gasteiger partial charge in [0, 0.05) is 18.0 Å². The zero-order valence-corrected chi connectivity index (χ0v) is 11.4. The third-order valence-electron chi connectivity index (χ3n) is 3.32. The molecule has 1 saturated heterocycles. The first kappa shape index (κ1) is 12.7. The van der Waals surface area contributed by atoms with Crippen LogP contribution in [0.5, 0.6) is 5.88 Å². The van der Waals surface area contributed by atoms with Crippen LogP contribution in [-0.2, 0) is 0 Å². The van der Waals surface area contributed by atoms with Crippen molar-refractivity contribution in [2.24, 2.45) is 0 Å². The number of pyridine rings is 1. The Morgan fingerprint density at radius 1 is 1.35 bits per heavy atom. The Balaban J connectivity index is 1.60. The molecule has 0 saturated carbocycles. The van der Waals surface area contributed by atoms with Gasteiger partial charge in [0.15, 0.2) is 0 Å². The molecule has 2 amide bonds. The fraction of sp³-hybridized carbons (Fsp3) is 0.333. The quantitative estimate of drug-likeness (QED) is 0.929. The molecule has 2 aromatic rings. The van der Waals surface area contributed by atoms with Crippen LogP contribution in [0.3, 0.4) is 0 Å². The van der Waals surface area contributed by atoms with E-state index in [0.29, 0.717) is 25.5 Å². The maximum Gasteiger partial charge on any atom is 0.317 e. The van der Waals surface area contributed by atoms with Crippen LogP contribution < -0.4 is 10.1 Å². The molecule has 3 rings (SSSR count). The SMILES string of the molecule is CCNC(=O)N1CC(Oc2ccc3ccccc3n2)C1. The van der Waals surface area contributed by atoms with Crippen molar-refractivity contribution in [1.82, 2.24) is 15.2 Å². The predicted octanol–water partition coefficient (Wildman–Crippen LogP) is 2.03. The van der Waals surface area contributed by atoms with Crippen molar-refractivity contribution in [3.8, 4) is 5.88 Å². The molecule has 0 bridgehead atoms. The van der Waals surface area contributed by atoms with Gasteiger partial charge in [-0.25, -0.2) is 9.78 Å². The number of likely N-dealkylation sites (tertiary alicyclic amines) is 1. The van der Waals surface area contributed by atoms with Crippen molar-refractivity contribution in [3.63, 3.8) is 0 Å². The molecule has 20 heavy (non-hydrogen) atoms. The van der Waals surface area contributed by atoms with Crippen LogP contribution in [0.25, 0.3) is 10.9 Å². The summed E-state index contributed by atoms with van der Waals surface area (Å²) in [5.41, 5.74) is 0.921. The van der Waals surface area contributed by atoms with E-state index in [0.717, 1.165) is 10.9 Å². The topological polar surface area (TPSA) is 54.5 Å². The number of amides is 2. The predicted molar refractivity (Wildman–Crippen MR) is 76.8 cm³/mol. The van der Waals surface area contributed by atoms with Crippen LogP contribution in [0.1, 0.15) is 6.92 Å². The molecule has 104 valence electrons. The highest BCUT2D eigenvalue weighted by molar-refractivity contribution is 5.78. The first-order valence-corrected chi connectivity index (χ1v) is 6.81. The number of nitrogens with zero attached hydrogens (tertiary/aromatic N) is 2. The molecule has 5 nitrogen and oxygen atoms in total. The molecule has 0 radical (unpaired) electrons. The van der Waals surface area contributed by atoms with Crippen molar-refractivity contribution in [3.05, 3.63) is 36.4 Å². The Labute approximate surface area is 117 Å². The summed E-state index contributed by atoms with van der Waals surface area (Å²) < 4.78 is 5.78. The first-order chi connectivity index (χ1) is 9.76. The number of aromatic nitrogens is 1.